The van der Waals surface area contributed by atoms with Gasteiger partial charge in [-0.25, -0.2) is 10.8 Å². The summed E-state index contributed by atoms with van der Waals surface area (Å²) in [5.74, 6) is 5.64. The lowest BCUT2D eigenvalue weighted by Crippen LogP contribution is -2.33. The number of carbonyl (C=O) groups excluding carboxylic acids is 1. The zero-order valence-electron chi connectivity index (χ0n) is 10.3. The predicted molar refractivity (Wildman–Crippen MR) is 74.5 cm³/mol. The minimum Gasteiger partial charge on any atom is -0.348 e. The Morgan fingerprint density at radius 2 is 2.33 bits per heavy atom. The summed E-state index contributed by atoms with van der Waals surface area (Å²) in [4.78, 5) is 16.1. The van der Waals surface area contributed by atoms with E-state index in [1.165, 1.54) is 6.42 Å². The number of hydrazine groups is 1. The SMILES string of the molecule is CSC1CCC(NC(=O)c2cccc(NN)n2)C1. The van der Waals surface area contributed by atoms with Crippen molar-refractivity contribution >= 4 is 23.5 Å². The number of thioether (sulfide) groups is 1. The van der Waals surface area contributed by atoms with Crippen LogP contribution in [0.2, 0.25) is 0 Å². The molecule has 1 amide bonds. The number of nitrogen functional groups attached to an aromatic ring is 1. The van der Waals surface area contributed by atoms with E-state index >= 15 is 0 Å². The Balaban J connectivity index is 1.95. The first kappa shape index (κ1) is 13.2. The Bertz CT molecular complexity index is 426. The van der Waals surface area contributed by atoms with E-state index in [9.17, 15) is 4.79 Å². The lowest BCUT2D eigenvalue weighted by atomic mass is 10.2. The molecule has 0 bridgehead atoms. The number of pyridine rings is 1. The quantitative estimate of drug-likeness (QED) is 0.567. The van der Waals surface area contributed by atoms with Gasteiger partial charge in [0.25, 0.3) is 5.91 Å². The number of anilines is 1. The van der Waals surface area contributed by atoms with Gasteiger partial charge in [0.1, 0.15) is 11.5 Å². The van der Waals surface area contributed by atoms with Crippen molar-refractivity contribution < 1.29 is 4.79 Å². The van der Waals surface area contributed by atoms with Crippen LogP contribution in [-0.2, 0) is 0 Å². The standard InChI is InChI=1S/C12H18N4OS/c1-18-9-6-5-8(7-9)14-12(17)10-3-2-4-11(15-10)16-13/h2-4,8-9H,5-7,13H2,1H3,(H,14,17)(H,15,16). The maximum absolute atomic E-state index is 12.0. The molecule has 98 valence electrons. The highest BCUT2D eigenvalue weighted by molar-refractivity contribution is 7.99. The Hall–Kier alpha value is -1.27. The van der Waals surface area contributed by atoms with Crippen molar-refractivity contribution in [2.45, 2.75) is 30.6 Å². The second-order valence-electron chi connectivity index (χ2n) is 4.39. The fraction of sp³-hybridized carbons (Fsp3) is 0.500. The van der Waals surface area contributed by atoms with E-state index < -0.39 is 0 Å². The summed E-state index contributed by atoms with van der Waals surface area (Å²) in [5.41, 5.74) is 2.84. The first-order chi connectivity index (χ1) is 8.72. The fourth-order valence-electron chi connectivity index (χ4n) is 2.19. The third-order valence-electron chi connectivity index (χ3n) is 3.18. The number of nitrogens with one attached hydrogen (secondary N) is 2. The van der Waals surface area contributed by atoms with Gasteiger partial charge >= 0.3 is 0 Å². The molecule has 4 N–H and O–H groups in total. The van der Waals surface area contributed by atoms with E-state index in [1.54, 1.807) is 18.2 Å². The van der Waals surface area contributed by atoms with Gasteiger partial charge in [-0.1, -0.05) is 6.07 Å². The van der Waals surface area contributed by atoms with Crippen LogP contribution in [0.4, 0.5) is 5.82 Å². The number of hydrogen-bond donors (Lipinski definition) is 3. The van der Waals surface area contributed by atoms with Crippen LogP contribution in [0.3, 0.4) is 0 Å². The van der Waals surface area contributed by atoms with Gasteiger partial charge in [0.15, 0.2) is 0 Å². The number of rotatable bonds is 4. The molecule has 0 saturated heterocycles. The number of carbonyl (C=O) groups is 1. The molecule has 1 aromatic rings. The van der Waals surface area contributed by atoms with E-state index in [-0.39, 0.29) is 11.9 Å². The first-order valence-electron chi connectivity index (χ1n) is 6.00. The van der Waals surface area contributed by atoms with Gasteiger partial charge < -0.3 is 10.7 Å². The van der Waals surface area contributed by atoms with Crippen LogP contribution in [0.25, 0.3) is 0 Å². The molecule has 0 spiro atoms. The molecule has 1 heterocycles. The second kappa shape index (κ2) is 6.06. The average molecular weight is 266 g/mol. The van der Waals surface area contributed by atoms with E-state index in [4.69, 9.17) is 5.84 Å². The van der Waals surface area contributed by atoms with Crippen molar-refractivity contribution in [2.75, 3.05) is 11.7 Å². The molecule has 1 fully saturated rings. The van der Waals surface area contributed by atoms with Crippen LogP contribution in [0.15, 0.2) is 18.2 Å². The second-order valence-corrected chi connectivity index (χ2v) is 5.53. The van der Waals surface area contributed by atoms with Crippen molar-refractivity contribution in [3.8, 4) is 0 Å². The van der Waals surface area contributed by atoms with Crippen LogP contribution in [0, 0.1) is 0 Å². The molecule has 6 heteroatoms. The van der Waals surface area contributed by atoms with Gasteiger partial charge in [-0.3, -0.25) is 4.79 Å². The summed E-state index contributed by atoms with van der Waals surface area (Å²) in [6, 6.07) is 5.44. The Morgan fingerprint density at radius 1 is 1.50 bits per heavy atom. The number of nitrogens with zero attached hydrogens (tertiary/aromatic N) is 1. The summed E-state index contributed by atoms with van der Waals surface area (Å²) in [6.07, 6.45) is 5.38. The summed E-state index contributed by atoms with van der Waals surface area (Å²) in [7, 11) is 0. The van der Waals surface area contributed by atoms with Crippen LogP contribution in [0.5, 0.6) is 0 Å². The number of hydrogen-bond acceptors (Lipinski definition) is 5. The molecule has 5 nitrogen and oxygen atoms in total. The lowest BCUT2D eigenvalue weighted by molar-refractivity contribution is 0.0933. The summed E-state index contributed by atoms with van der Waals surface area (Å²) >= 11 is 1.87. The van der Waals surface area contributed by atoms with Crippen LogP contribution in [0.1, 0.15) is 29.8 Å². The van der Waals surface area contributed by atoms with Crippen LogP contribution < -0.4 is 16.6 Å². The fourth-order valence-corrected chi connectivity index (χ4v) is 2.98. The normalized spacial score (nSPS) is 22.8. The average Bonchev–Trinajstić information content (AvgIpc) is 2.86. The maximum Gasteiger partial charge on any atom is 0.270 e. The van der Waals surface area contributed by atoms with Gasteiger partial charge in [0.2, 0.25) is 0 Å². The van der Waals surface area contributed by atoms with Crippen LogP contribution in [-0.4, -0.2) is 28.4 Å². The largest absolute Gasteiger partial charge is 0.348 e. The summed E-state index contributed by atoms with van der Waals surface area (Å²) in [5, 5.41) is 3.69. The summed E-state index contributed by atoms with van der Waals surface area (Å²) < 4.78 is 0. The molecule has 1 aliphatic carbocycles. The smallest absolute Gasteiger partial charge is 0.270 e. The van der Waals surface area contributed by atoms with Crippen molar-refractivity contribution in [3.63, 3.8) is 0 Å². The molecular weight excluding hydrogens is 248 g/mol. The van der Waals surface area contributed by atoms with E-state index in [0.717, 1.165) is 12.8 Å². The van der Waals surface area contributed by atoms with Gasteiger partial charge in [-0.2, -0.15) is 11.8 Å². The van der Waals surface area contributed by atoms with Crippen molar-refractivity contribution in [1.82, 2.24) is 10.3 Å². The van der Waals surface area contributed by atoms with Gasteiger partial charge in [0, 0.05) is 11.3 Å². The zero-order valence-corrected chi connectivity index (χ0v) is 11.2. The monoisotopic (exact) mass is 266 g/mol. The highest BCUT2D eigenvalue weighted by Crippen LogP contribution is 2.28. The molecule has 1 aliphatic rings. The van der Waals surface area contributed by atoms with E-state index in [2.05, 4.69) is 22.0 Å². The van der Waals surface area contributed by atoms with Crippen molar-refractivity contribution in [3.05, 3.63) is 23.9 Å². The minimum absolute atomic E-state index is 0.126. The lowest BCUT2D eigenvalue weighted by Gasteiger charge is -2.12. The molecule has 18 heavy (non-hydrogen) atoms. The third-order valence-corrected chi connectivity index (χ3v) is 4.28. The Labute approximate surface area is 111 Å². The maximum atomic E-state index is 12.0. The van der Waals surface area contributed by atoms with E-state index in [0.29, 0.717) is 16.8 Å². The number of amides is 1. The van der Waals surface area contributed by atoms with E-state index in [1.807, 2.05) is 11.8 Å². The summed E-state index contributed by atoms with van der Waals surface area (Å²) in [6.45, 7) is 0. The van der Waals surface area contributed by atoms with Gasteiger partial charge in [-0.15, -0.1) is 0 Å². The topological polar surface area (TPSA) is 80.0 Å². The third kappa shape index (κ3) is 3.14. The van der Waals surface area contributed by atoms with Gasteiger partial charge in [-0.05, 0) is 37.7 Å². The molecule has 0 aromatic carbocycles. The molecule has 2 atom stereocenters. The zero-order chi connectivity index (χ0) is 13.0. The number of aromatic nitrogens is 1. The first-order valence-corrected chi connectivity index (χ1v) is 7.29. The minimum atomic E-state index is -0.126. The molecule has 0 aliphatic heterocycles. The molecule has 1 aromatic heterocycles. The predicted octanol–water partition coefficient (Wildman–Crippen LogP) is 1.38. The Kier molecular flexibility index (Phi) is 4.43. The molecule has 2 unspecified atom stereocenters. The highest BCUT2D eigenvalue weighted by Gasteiger charge is 2.25. The van der Waals surface area contributed by atoms with Crippen molar-refractivity contribution in [2.24, 2.45) is 5.84 Å². The highest BCUT2D eigenvalue weighted by atomic mass is 32.2. The molecule has 1 saturated carbocycles. The number of nitrogens with two attached hydrogens (primary N) is 1. The Morgan fingerprint density at radius 3 is 3.00 bits per heavy atom. The van der Waals surface area contributed by atoms with Crippen LogP contribution >= 0.6 is 11.8 Å². The van der Waals surface area contributed by atoms with Gasteiger partial charge in [0.05, 0.1) is 0 Å². The molecule has 2 rings (SSSR count). The molecular formula is C12H18N4OS. The molecule has 0 radical (unpaired) electrons. The van der Waals surface area contributed by atoms with Crippen molar-refractivity contribution in [1.29, 1.82) is 0 Å².